The zero-order valence-corrected chi connectivity index (χ0v) is 23.7. The molecule has 42 heavy (non-hydrogen) atoms. The minimum absolute atomic E-state index is 0.147. The second kappa shape index (κ2) is 12.3. The van der Waals surface area contributed by atoms with E-state index in [0.29, 0.717) is 41.9 Å². The number of fused-ring (bicyclic) bond motifs is 4. The number of carbonyl (C=O) groups is 3. The molecule has 2 aliphatic heterocycles. The van der Waals surface area contributed by atoms with E-state index in [1.165, 1.54) is 12.0 Å². The Labute approximate surface area is 246 Å². The number of cyclic esters (lactones) is 1. The van der Waals surface area contributed by atoms with Crippen LogP contribution in [0.15, 0.2) is 48.7 Å². The van der Waals surface area contributed by atoms with Gasteiger partial charge in [0.25, 0.3) is 0 Å². The molecule has 9 nitrogen and oxygen atoms in total. The highest BCUT2D eigenvalue weighted by Gasteiger charge is 2.37. The maximum absolute atomic E-state index is 14.7. The van der Waals surface area contributed by atoms with Gasteiger partial charge in [-0.05, 0) is 54.8 Å². The summed E-state index contributed by atoms with van der Waals surface area (Å²) in [5, 5.41) is 5.33. The highest BCUT2D eigenvalue weighted by Crippen LogP contribution is 2.39. The number of ether oxygens (including phenoxy) is 2. The molecule has 0 saturated carbocycles. The van der Waals surface area contributed by atoms with Gasteiger partial charge in [0.2, 0.25) is 5.91 Å². The number of nitrogens with one attached hydrogen (secondary N) is 2. The lowest BCUT2D eigenvalue weighted by atomic mass is 9.94. The summed E-state index contributed by atoms with van der Waals surface area (Å²) < 4.78 is 39.4. The van der Waals surface area contributed by atoms with E-state index in [-0.39, 0.29) is 35.4 Å². The fourth-order valence-electron chi connectivity index (χ4n) is 5.33. The van der Waals surface area contributed by atoms with Crippen molar-refractivity contribution in [3.63, 3.8) is 0 Å². The molecule has 3 heterocycles. The molecule has 2 N–H and O–H groups in total. The van der Waals surface area contributed by atoms with Crippen LogP contribution in [-0.2, 0) is 14.3 Å². The number of hydrogen-bond donors (Lipinski definition) is 2. The largest absolute Gasteiger partial charge is 0.453 e. The van der Waals surface area contributed by atoms with Gasteiger partial charge in [-0.2, -0.15) is 0 Å². The predicted octanol–water partition coefficient (Wildman–Crippen LogP) is 7.24. The summed E-state index contributed by atoms with van der Waals surface area (Å²) in [6.07, 6.45) is 0.881. The Bertz CT molecular complexity index is 1540. The van der Waals surface area contributed by atoms with Gasteiger partial charge in [0.15, 0.2) is 5.82 Å². The molecule has 1 aromatic heterocycles. The molecule has 1 fully saturated rings. The number of carbonyl (C=O) groups excluding carboxylic acids is 3. The van der Waals surface area contributed by atoms with E-state index >= 15 is 0 Å². The normalized spacial score (nSPS) is 20.8. The molecular formula is C30H29ClF2N4O5. The average Bonchev–Trinajstić information content (AvgIpc) is 2.97. The van der Waals surface area contributed by atoms with E-state index in [1.807, 2.05) is 13.0 Å². The first-order valence-electron chi connectivity index (χ1n) is 13.5. The Morgan fingerprint density at radius 3 is 2.71 bits per heavy atom. The molecule has 3 amide bonds. The van der Waals surface area contributed by atoms with Gasteiger partial charge in [0, 0.05) is 36.3 Å². The van der Waals surface area contributed by atoms with Crippen molar-refractivity contribution in [1.29, 1.82) is 0 Å². The van der Waals surface area contributed by atoms with Crippen LogP contribution in [0.4, 0.5) is 29.7 Å². The van der Waals surface area contributed by atoms with E-state index in [1.54, 1.807) is 30.5 Å². The predicted molar refractivity (Wildman–Crippen MR) is 152 cm³/mol. The smallest absolute Gasteiger partial charge is 0.411 e. The summed E-state index contributed by atoms with van der Waals surface area (Å²) in [4.78, 5) is 44.3. The number of amides is 3. The fraction of sp³-hybridized carbons (Fsp3) is 0.333. The lowest BCUT2D eigenvalue weighted by molar-refractivity contribution is -0.119. The number of halogens is 3. The second-order valence-corrected chi connectivity index (χ2v) is 10.7. The molecule has 0 unspecified atom stereocenters. The van der Waals surface area contributed by atoms with Crippen molar-refractivity contribution in [3.8, 4) is 11.1 Å². The van der Waals surface area contributed by atoms with Crippen LogP contribution in [-0.4, -0.2) is 41.6 Å². The Morgan fingerprint density at radius 2 is 1.95 bits per heavy atom. The van der Waals surface area contributed by atoms with Crippen molar-refractivity contribution in [2.45, 2.75) is 44.8 Å². The minimum Gasteiger partial charge on any atom is -0.453 e. The maximum Gasteiger partial charge on any atom is 0.411 e. The van der Waals surface area contributed by atoms with Crippen molar-refractivity contribution in [3.05, 3.63) is 76.6 Å². The number of methoxy groups -OCH3 is 1. The number of rotatable bonds is 3. The Balaban J connectivity index is 1.48. The molecule has 3 aromatic rings. The Hall–Kier alpha value is -4.25. The monoisotopic (exact) mass is 598 g/mol. The number of hydrogen-bond acceptors (Lipinski definition) is 6. The molecule has 12 heteroatoms. The molecule has 0 spiro atoms. The highest BCUT2D eigenvalue weighted by atomic mass is 35.5. The lowest BCUT2D eigenvalue weighted by Crippen LogP contribution is -2.42. The Kier molecular flexibility index (Phi) is 8.58. The van der Waals surface area contributed by atoms with Gasteiger partial charge >= 0.3 is 12.2 Å². The van der Waals surface area contributed by atoms with Crippen LogP contribution >= 0.6 is 11.6 Å². The number of aromatic nitrogens is 1. The summed E-state index contributed by atoms with van der Waals surface area (Å²) in [5.74, 6) is -2.32. The summed E-state index contributed by atoms with van der Waals surface area (Å²) in [6.45, 7) is 1.98. The van der Waals surface area contributed by atoms with E-state index < -0.39 is 36.0 Å². The van der Waals surface area contributed by atoms with Crippen LogP contribution in [0.25, 0.3) is 11.1 Å². The molecular weight excluding hydrogens is 570 g/mol. The van der Waals surface area contributed by atoms with Gasteiger partial charge in [0.05, 0.1) is 35.1 Å². The first-order valence-corrected chi connectivity index (χ1v) is 13.9. The third kappa shape index (κ3) is 6.01. The number of nitrogens with zero attached hydrogens (tertiary/aromatic N) is 2. The molecule has 5 rings (SSSR count). The van der Waals surface area contributed by atoms with Crippen molar-refractivity contribution in [2.75, 3.05) is 24.3 Å². The van der Waals surface area contributed by atoms with Gasteiger partial charge < -0.3 is 14.8 Å². The third-order valence-corrected chi connectivity index (χ3v) is 7.88. The summed E-state index contributed by atoms with van der Waals surface area (Å²) in [5.41, 5.74) is 2.57. The number of anilines is 2. The topological polar surface area (TPSA) is 110 Å². The molecule has 1 saturated heterocycles. The number of pyridine rings is 1. The van der Waals surface area contributed by atoms with Gasteiger partial charge in [-0.1, -0.05) is 31.0 Å². The molecule has 0 radical (unpaired) electrons. The summed E-state index contributed by atoms with van der Waals surface area (Å²) >= 11 is 5.86. The SMILES string of the molecule is COC(=O)Nc1ccc2c(c1)NC(=O)[C@@H](C)CCC[C@H](N1CC[C@@H](c3c(F)ccc(Cl)c3F)OC1=O)c1cc-2ccn1. The van der Waals surface area contributed by atoms with Crippen molar-refractivity contribution >= 4 is 41.1 Å². The van der Waals surface area contributed by atoms with Crippen LogP contribution in [0.3, 0.4) is 0 Å². The van der Waals surface area contributed by atoms with Gasteiger partial charge in [-0.15, -0.1) is 0 Å². The molecule has 3 atom stereocenters. The van der Waals surface area contributed by atoms with E-state index in [0.717, 1.165) is 17.7 Å². The van der Waals surface area contributed by atoms with Crippen LogP contribution in [0.2, 0.25) is 5.02 Å². The van der Waals surface area contributed by atoms with E-state index in [9.17, 15) is 23.2 Å². The van der Waals surface area contributed by atoms with Crippen LogP contribution in [0, 0.1) is 17.6 Å². The fourth-order valence-corrected chi connectivity index (χ4v) is 5.50. The second-order valence-electron chi connectivity index (χ2n) is 10.3. The van der Waals surface area contributed by atoms with Crippen molar-refractivity contribution < 1.29 is 32.6 Å². The van der Waals surface area contributed by atoms with Crippen LogP contribution in [0.5, 0.6) is 0 Å². The molecule has 2 bridgehead atoms. The molecule has 220 valence electrons. The van der Waals surface area contributed by atoms with Gasteiger partial charge in [-0.25, -0.2) is 18.4 Å². The zero-order valence-electron chi connectivity index (χ0n) is 23.0. The quantitative estimate of drug-likeness (QED) is 0.308. The van der Waals surface area contributed by atoms with Crippen LogP contribution < -0.4 is 10.6 Å². The van der Waals surface area contributed by atoms with Crippen LogP contribution in [0.1, 0.15) is 56.0 Å². The standard InChI is InChI=1S/C30H29ClF2N4O5/c1-16-4-3-5-24(37-13-11-25(42-30(37)40)26-21(32)9-8-20(31)27(26)33)23-14-17(10-12-34-23)19-7-6-18(35-29(39)41-2)15-22(19)36-28(16)38/h6-10,12,14-16,24-25H,3-5,11,13H2,1-2H3,(H,35,39)(H,36,38)/t16-,24-,25-/m0/s1. The van der Waals surface area contributed by atoms with Gasteiger partial charge in [-0.3, -0.25) is 20.0 Å². The zero-order chi connectivity index (χ0) is 30.0. The Morgan fingerprint density at radius 1 is 1.14 bits per heavy atom. The average molecular weight is 599 g/mol. The highest BCUT2D eigenvalue weighted by molar-refractivity contribution is 6.30. The summed E-state index contributed by atoms with van der Waals surface area (Å²) in [6, 6.07) is 10.4. The maximum atomic E-state index is 14.7. The first kappa shape index (κ1) is 29.2. The molecule has 0 aliphatic carbocycles. The first-order chi connectivity index (χ1) is 20.2. The summed E-state index contributed by atoms with van der Waals surface area (Å²) in [7, 11) is 1.26. The molecule has 2 aromatic carbocycles. The minimum atomic E-state index is -1.12. The lowest BCUT2D eigenvalue weighted by Gasteiger charge is -2.37. The van der Waals surface area contributed by atoms with Gasteiger partial charge in [0.1, 0.15) is 11.9 Å². The van der Waals surface area contributed by atoms with Crippen molar-refractivity contribution in [1.82, 2.24) is 9.88 Å². The van der Waals surface area contributed by atoms with E-state index in [2.05, 4.69) is 20.4 Å². The van der Waals surface area contributed by atoms with Crippen molar-refractivity contribution in [2.24, 2.45) is 5.92 Å². The molecule has 2 aliphatic rings. The third-order valence-electron chi connectivity index (χ3n) is 7.59. The van der Waals surface area contributed by atoms with E-state index in [4.69, 9.17) is 16.3 Å². The number of benzene rings is 2.